The number of para-hydroxylation sites is 1. The maximum absolute atomic E-state index is 12.8. The predicted octanol–water partition coefficient (Wildman–Crippen LogP) is 2.25. The molecule has 0 aliphatic carbocycles. The van der Waals surface area contributed by atoms with Crippen molar-refractivity contribution >= 4 is 23.2 Å². The minimum atomic E-state index is -0.156. The number of benzene rings is 2. The number of nitrogens with one attached hydrogen (secondary N) is 1. The van der Waals surface area contributed by atoms with Gasteiger partial charge >= 0.3 is 0 Å². The number of hydrogen-bond acceptors (Lipinski definition) is 5. The first-order chi connectivity index (χ1) is 15.0. The molecule has 7 nitrogen and oxygen atoms in total. The summed E-state index contributed by atoms with van der Waals surface area (Å²) in [5.41, 5.74) is 1.87. The molecule has 2 heterocycles. The molecule has 0 bridgehead atoms. The topological polar surface area (TPSA) is 76.1 Å². The van der Waals surface area contributed by atoms with Gasteiger partial charge < -0.3 is 20.2 Å². The summed E-state index contributed by atoms with van der Waals surface area (Å²) in [6, 6.07) is 16.8. The number of anilines is 2. The first-order valence-electron chi connectivity index (χ1n) is 10.9. The standard InChI is InChI=1S/C24H30N4O3/c1-18-15-26(16-22(18)24(31)25-19-7-9-21(29)10-8-19)17-23(30)28-13-11-27(12-14-28)20-5-3-2-4-6-20/h2-10,18,22,29H,11-17H2,1H3,(H,25,31)/t18-,22-/m0/s1. The largest absolute Gasteiger partial charge is 0.508 e. The van der Waals surface area contributed by atoms with Gasteiger partial charge in [-0.25, -0.2) is 0 Å². The first kappa shape index (κ1) is 21.2. The lowest BCUT2D eigenvalue weighted by molar-refractivity contribution is -0.132. The maximum Gasteiger partial charge on any atom is 0.236 e. The van der Waals surface area contributed by atoms with Crippen LogP contribution in [0.1, 0.15) is 6.92 Å². The van der Waals surface area contributed by atoms with Crippen LogP contribution in [-0.2, 0) is 9.59 Å². The SMILES string of the molecule is C[C@H]1CN(CC(=O)N2CCN(c3ccccc3)CC2)C[C@@H]1C(=O)Nc1ccc(O)cc1. The number of amides is 2. The van der Waals surface area contributed by atoms with Crippen molar-refractivity contribution in [2.24, 2.45) is 11.8 Å². The molecule has 2 aliphatic rings. The summed E-state index contributed by atoms with van der Waals surface area (Å²) >= 11 is 0. The second kappa shape index (κ2) is 9.39. The molecule has 7 heteroatoms. The highest BCUT2D eigenvalue weighted by Crippen LogP contribution is 2.25. The molecule has 2 N–H and O–H groups in total. The third-order valence-electron chi connectivity index (χ3n) is 6.27. The van der Waals surface area contributed by atoms with Crippen molar-refractivity contribution in [2.75, 3.05) is 56.0 Å². The number of carbonyl (C=O) groups excluding carboxylic acids is 2. The zero-order valence-corrected chi connectivity index (χ0v) is 17.9. The Balaban J connectivity index is 1.26. The summed E-state index contributed by atoms with van der Waals surface area (Å²) in [4.78, 5) is 31.9. The van der Waals surface area contributed by atoms with Crippen LogP contribution in [0, 0.1) is 11.8 Å². The summed E-state index contributed by atoms with van der Waals surface area (Å²) in [6.45, 7) is 6.87. The Morgan fingerprint density at radius 2 is 1.65 bits per heavy atom. The van der Waals surface area contributed by atoms with Gasteiger partial charge in [0.05, 0.1) is 12.5 Å². The number of hydrogen-bond donors (Lipinski definition) is 2. The van der Waals surface area contributed by atoms with Crippen LogP contribution in [-0.4, -0.2) is 72.5 Å². The van der Waals surface area contributed by atoms with E-state index in [0.29, 0.717) is 18.8 Å². The molecule has 0 unspecified atom stereocenters. The van der Waals surface area contributed by atoms with Crippen LogP contribution in [0.5, 0.6) is 5.75 Å². The Bertz CT molecular complexity index is 895. The molecular weight excluding hydrogens is 392 g/mol. The van der Waals surface area contributed by atoms with Crippen molar-refractivity contribution in [1.82, 2.24) is 9.80 Å². The highest BCUT2D eigenvalue weighted by atomic mass is 16.3. The van der Waals surface area contributed by atoms with E-state index in [1.165, 1.54) is 5.69 Å². The lowest BCUT2D eigenvalue weighted by Crippen LogP contribution is -2.51. The fourth-order valence-corrected chi connectivity index (χ4v) is 4.46. The zero-order chi connectivity index (χ0) is 21.8. The van der Waals surface area contributed by atoms with Gasteiger partial charge in [0, 0.05) is 50.6 Å². The minimum absolute atomic E-state index is 0.0374. The van der Waals surface area contributed by atoms with Gasteiger partial charge in [0.15, 0.2) is 0 Å². The van der Waals surface area contributed by atoms with Crippen molar-refractivity contribution in [3.8, 4) is 5.75 Å². The average Bonchev–Trinajstić information content (AvgIpc) is 3.16. The highest BCUT2D eigenvalue weighted by molar-refractivity contribution is 5.93. The van der Waals surface area contributed by atoms with Gasteiger partial charge in [-0.15, -0.1) is 0 Å². The molecule has 2 aromatic carbocycles. The molecule has 31 heavy (non-hydrogen) atoms. The van der Waals surface area contributed by atoms with Crippen molar-refractivity contribution in [1.29, 1.82) is 0 Å². The minimum Gasteiger partial charge on any atom is -0.508 e. The van der Waals surface area contributed by atoms with Gasteiger partial charge in [-0.2, -0.15) is 0 Å². The second-order valence-corrected chi connectivity index (χ2v) is 8.52. The van der Waals surface area contributed by atoms with E-state index < -0.39 is 0 Å². The summed E-state index contributed by atoms with van der Waals surface area (Å²) in [5, 5.41) is 12.3. The number of piperazine rings is 1. The molecule has 0 aromatic heterocycles. The molecule has 0 saturated carbocycles. The van der Waals surface area contributed by atoms with E-state index in [-0.39, 0.29) is 29.4 Å². The fourth-order valence-electron chi connectivity index (χ4n) is 4.46. The third-order valence-corrected chi connectivity index (χ3v) is 6.27. The highest BCUT2D eigenvalue weighted by Gasteiger charge is 2.36. The normalized spacial score (nSPS) is 21.8. The van der Waals surface area contributed by atoms with Crippen LogP contribution in [0.3, 0.4) is 0 Å². The summed E-state index contributed by atoms with van der Waals surface area (Å²) in [5.74, 6) is 0.294. The summed E-state index contributed by atoms with van der Waals surface area (Å²) < 4.78 is 0. The second-order valence-electron chi connectivity index (χ2n) is 8.52. The van der Waals surface area contributed by atoms with Gasteiger partial charge in [-0.05, 0) is 42.3 Å². The molecular formula is C24H30N4O3. The predicted molar refractivity (Wildman–Crippen MR) is 121 cm³/mol. The summed E-state index contributed by atoms with van der Waals surface area (Å²) in [6.07, 6.45) is 0. The molecule has 4 rings (SSSR count). The third kappa shape index (κ3) is 5.17. The van der Waals surface area contributed by atoms with Crippen molar-refractivity contribution in [3.05, 3.63) is 54.6 Å². The van der Waals surface area contributed by atoms with Crippen molar-refractivity contribution in [3.63, 3.8) is 0 Å². The first-order valence-corrected chi connectivity index (χ1v) is 10.9. The smallest absolute Gasteiger partial charge is 0.236 e. The molecule has 2 fully saturated rings. The Hall–Kier alpha value is -3.06. The number of phenols is 1. The number of aromatic hydroxyl groups is 1. The Labute approximate surface area is 183 Å². The van der Waals surface area contributed by atoms with Gasteiger partial charge in [-0.1, -0.05) is 25.1 Å². The van der Waals surface area contributed by atoms with E-state index in [1.807, 2.05) is 23.1 Å². The lowest BCUT2D eigenvalue weighted by atomic mass is 9.97. The number of likely N-dealkylation sites (tertiary alicyclic amines) is 1. The van der Waals surface area contributed by atoms with E-state index in [1.54, 1.807) is 24.3 Å². The van der Waals surface area contributed by atoms with Crippen LogP contribution >= 0.6 is 0 Å². The average molecular weight is 423 g/mol. The Morgan fingerprint density at radius 1 is 0.968 bits per heavy atom. The Morgan fingerprint density at radius 3 is 2.32 bits per heavy atom. The van der Waals surface area contributed by atoms with Crippen LogP contribution in [0.25, 0.3) is 0 Å². The van der Waals surface area contributed by atoms with E-state index in [9.17, 15) is 14.7 Å². The van der Waals surface area contributed by atoms with Crippen LogP contribution in [0.4, 0.5) is 11.4 Å². The van der Waals surface area contributed by atoms with Gasteiger partial charge in [0.25, 0.3) is 0 Å². The number of rotatable bonds is 5. The Kier molecular flexibility index (Phi) is 6.42. The molecule has 2 aromatic rings. The monoisotopic (exact) mass is 422 g/mol. The quantitative estimate of drug-likeness (QED) is 0.723. The van der Waals surface area contributed by atoms with Crippen molar-refractivity contribution in [2.45, 2.75) is 6.92 Å². The molecule has 2 saturated heterocycles. The van der Waals surface area contributed by atoms with Gasteiger partial charge in [-0.3, -0.25) is 14.5 Å². The summed E-state index contributed by atoms with van der Waals surface area (Å²) in [7, 11) is 0. The molecule has 0 spiro atoms. The van der Waals surface area contributed by atoms with Gasteiger partial charge in [0.1, 0.15) is 5.75 Å². The zero-order valence-electron chi connectivity index (χ0n) is 17.9. The van der Waals surface area contributed by atoms with E-state index in [2.05, 4.69) is 34.2 Å². The van der Waals surface area contributed by atoms with Crippen LogP contribution in [0.15, 0.2) is 54.6 Å². The molecule has 0 radical (unpaired) electrons. The molecule has 2 amide bonds. The number of nitrogens with zero attached hydrogens (tertiary/aromatic N) is 3. The fraction of sp³-hybridized carbons (Fsp3) is 0.417. The van der Waals surface area contributed by atoms with E-state index in [4.69, 9.17) is 0 Å². The van der Waals surface area contributed by atoms with Gasteiger partial charge in [0.2, 0.25) is 11.8 Å². The maximum atomic E-state index is 12.8. The number of phenolic OH excluding ortho intramolecular Hbond substituents is 1. The number of carbonyl (C=O) groups is 2. The van der Waals surface area contributed by atoms with Crippen molar-refractivity contribution < 1.29 is 14.7 Å². The van der Waals surface area contributed by atoms with Crippen LogP contribution in [0.2, 0.25) is 0 Å². The van der Waals surface area contributed by atoms with E-state index in [0.717, 1.165) is 32.7 Å². The molecule has 2 atom stereocenters. The van der Waals surface area contributed by atoms with Crippen LogP contribution < -0.4 is 10.2 Å². The molecule has 164 valence electrons. The lowest BCUT2D eigenvalue weighted by Gasteiger charge is -2.36. The van der Waals surface area contributed by atoms with E-state index >= 15 is 0 Å². The molecule has 2 aliphatic heterocycles.